The van der Waals surface area contributed by atoms with Gasteiger partial charge in [-0.25, -0.2) is 4.98 Å². The van der Waals surface area contributed by atoms with E-state index in [9.17, 15) is 4.79 Å². The SMILES string of the molecule is CC(C)Cc1nc(-c2ccc(Br)s2)[nH]c(=O)c1I. The third-order valence-corrected chi connectivity index (χ3v) is 5.08. The summed E-state index contributed by atoms with van der Waals surface area (Å²) in [5.41, 5.74) is 0.828. The number of thiophene rings is 1. The van der Waals surface area contributed by atoms with Crippen LogP contribution >= 0.6 is 49.9 Å². The molecule has 0 amide bonds. The molecular weight excluding hydrogens is 427 g/mol. The zero-order valence-corrected chi connectivity index (χ0v) is 14.5. The molecule has 0 saturated heterocycles. The van der Waals surface area contributed by atoms with Gasteiger partial charge in [0.05, 0.1) is 17.9 Å². The van der Waals surface area contributed by atoms with E-state index in [1.165, 1.54) is 0 Å². The van der Waals surface area contributed by atoms with Gasteiger partial charge in [0.1, 0.15) is 0 Å². The molecule has 6 heteroatoms. The maximum absolute atomic E-state index is 11.9. The van der Waals surface area contributed by atoms with Crippen molar-refractivity contribution < 1.29 is 0 Å². The number of hydrogen-bond donors (Lipinski definition) is 1. The normalized spacial score (nSPS) is 11.2. The van der Waals surface area contributed by atoms with Crippen LogP contribution in [0.3, 0.4) is 0 Å². The van der Waals surface area contributed by atoms with Crippen molar-refractivity contribution in [3.63, 3.8) is 0 Å². The Balaban J connectivity index is 2.50. The van der Waals surface area contributed by atoms with E-state index in [-0.39, 0.29) is 5.56 Å². The van der Waals surface area contributed by atoms with E-state index in [1.807, 2.05) is 12.1 Å². The zero-order chi connectivity index (χ0) is 13.3. The number of nitrogens with one attached hydrogen (secondary N) is 1. The lowest BCUT2D eigenvalue weighted by Gasteiger charge is -2.07. The van der Waals surface area contributed by atoms with E-state index < -0.39 is 0 Å². The van der Waals surface area contributed by atoms with Crippen LogP contribution in [0.1, 0.15) is 19.5 Å². The Labute approximate surface area is 131 Å². The smallest absolute Gasteiger partial charge is 0.264 e. The predicted molar refractivity (Wildman–Crippen MR) is 87.1 cm³/mol. The fourth-order valence-corrected chi connectivity index (χ4v) is 3.39. The molecule has 0 aliphatic heterocycles. The van der Waals surface area contributed by atoms with Gasteiger partial charge < -0.3 is 4.98 Å². The molecule has 0 unspecified atom stereocenters. The standard InChI is InChI=1S/C12H12BrIN2OS/c1-6(2)5-7-10(14)12(17)16-11(15-7)8-3-4-9(13)18-8/h3-4,6H,5H2,1-2H3,(H,15,16,17). The molecular formula is C12H12BrIN2OS. The molecule has 2 heterocycles. The summed E-state index contributed by atoms with van der Waals surface area (Å²) in [6.45, 7) is 4.25. The summed E-state index contributed by atoms with van der Waals surface area (Å²) in [6, 6.07) is 3.92. The Morgan fingerprint density at radius 1 is 1.50 bits per heavy atom. The molecule has 0 fully saturated rings. The van der Waals surface area contributed by atoms with Crippen LogP contribution in [0.4, 0.5) is 0 Å². The molecule has 3 nitrogen and oxygen atoms in total. The number of hydrogen-bond acceptors (Lipinski definition) is 3. The maximum atomic E-state index is 11.9. The largest absolute Gasteiger partial charge is 0.305 e. The average molecular weight is 439 g/mol. The number of halogens is 2. The van der Waals surface area contributed by atoms with Crippen LogP contribution < -0.4 is 5.56 Å². The molecule has 0 radical (unpaired) electrons. The van der Waals surface area contributed by atoms with Gasteiger partial charge in [-0.15, -0.1) is 11.3 Å². The first-order valence-electron chi connectivity index (χ1n) is 5.51. The van der Waals surface area contributed by atoms with Gasteiger partial charge in [-0.1, -0.05) is 13.8 Å². The van der Waals surface area contributed by atoms with Crippen molar-refractivity contribution in [2.24, 2.45) is 5.92 Å². The minimum Gasteiger partial charge on any atom is -0.305 e. The van der Waals surface area contributed by atoms with Gasteiger partial charge in [0.15, 0.2) is 5.82 Å². The molecule has 0 atom stereocenters. The molecule has 0 spiro atoms. The van der Waals surface area contributed by atoms with Crippen molar-refractivity contribution in [2.45, 2.75) is 20.3 Å². The second-order valence-electron chi connectivity index (χ2n) is 4.38. The van der Waals surface area contributed by atoms with Crippen molar-refractivity contribution in [2.75, 3.05) is 0 Å². The van der Waals surface area contributed by atoms with E-state index in [0.717, 1.165) is 20.8 Å². The zero-order valence-electron chi connectivity index (χ0n) is 9.96. The Kier molecular flexibility index (Phi) is 4.60. The Bertz CT molecular complexity index is 621. The van der Waals surface area contributed by atoms with Crippen LogP contribution in [0, 0.1) is 9.49 Å². The molecule has 0 aliphatic carbocycles. The fraction of sp³-hybridized carbons (Fsp3) is 0.333. The molecule has 0 aliphatic rings. The van der Waals surface area contributed by atoms with Gasteiger partial charge >= 0.3 is 0 Å². The lowest BCUT2D eigenvalue weighted by molar-refractivity contribution is 0.631. The minimum absolute atomic E-state index is 0.0548. The third-order valence-electron chi connectivity index (χ3n) is 2.34. The van der Waals surface area contributed by atoms with E-state index in [0.29, 0.717) is 15.3 Å². The summed E-state index contributed by atoms with van der Waals surface area (Å²) in [5, 5.41) is 0. The lowest BCUT2D eigenvalue weighted by atomic mass is 10.1. The van der Waals surface area contributed by atoms with Gasteiger partial charge in [0.25, 0.3) is 5.56 Å². The number of H-pyrrole nitrogens is 1. The van der Waals surface area contributed by atoms with Crippen LogP contribution in [-0.2, 0) is 6.42 Å². The van der Waals surface area contributed by atoms with Crippen molar-refractivity contribution in [1.29, 1.82) is 0 Å². The van der Waals surface area contributed by atoms with Crippen LogP contribution in [-0.4, -0.2) is 9.97 Å². The van der Waals surface area contributed by atoms with Gasteiger partial charge in [0, 0.05) is 0 Å². The van der Waals surface area contributed by atoms with Crippen molar-refractivity contribution in [3.05, 3.63) is 35.5 Å². The quantitative estimate of drug-likeness (QED) is 0.734. The molecule has 96 valence electrons. The van der Waals surface area contributed by atoms with E-state index in [4.69, 9.17) is 0 Å². The highest BCUT2D eigenvalue weighted by Gasteiger charge is 2.12. The summed E-state index contributed by atoms with van der Waals surface area (Å²) in [6.07, 6.45) is 0.821. The summed E-state index contributed by atoms with van der Waals surface area (Å²) in [7, 11) is 0. The maximum Gasteiger partial charge on any atom is 0.264 e. The molecule has 2 aromatic heterocycles. The van der Waals surface area contributed by atoms with Crippen molar-refractivity contribution >= 4 is 49.9 Å². The lowest BCUT2D eigenvalue weighted by Crippen LogP contribution is -2.17. The molecule has 0 bridgehead atoms. The van der Waals surface area contributed by atoms with Gasteiger partial charge in [0.2, 0.25) is 0 Å². The molecule has 2 rings (SSSR count). The second-order valence-corrected chi connectivity index (χ2v) is 7.92. The molecule has 0 saturated carbocycles. The topological polar surface area (TPSA) is 45.8 Å². The van der Waals surface area contributed by atoms with Crippen LogP contribution in [0.25, 0.3) is 10.7 Å². The summed E-state index contributed by atoms with van der Waals surface area (Å²) < 4.78 is 1.73. The van der Waals surface area contributed by atoms with Crippen molar-refractivity contribution in [3.8, 4) is 10.7 Å². The van der Waals surface area contributed by atoms with Crippen LogP contribution in [0.2, 0.25) is 0 Å². The Morgan fingerprint density at radius 2 is 2.22 bits per heavy atom. The third kappa shape index (κ3) is 3.21. The van der Waals surface area contributed by atoms with E-state index >= 15 is 0 Å². The van der Waals surface area contributed by atoms with Crippen LogP contribution in [0.15, 0.2) is 20.7 Å². The highest BCUT2D eigenvalue weighted by molar-refractivity contribution is 14.1. The highest BCUT2D eigenvalue weighted by Crippen LogP contribution is 2.29. The first-order chi connectivity index (χ1) is 8.47. The van der Waals surface area contributed by atoms with Gasteiger partial charge in [-0.05, 0) is 63.0 Å². The van der Waals surface area contributed by atoms with Gasteiger partial charge in [-0.2, -0.15) is 0 Å². The molecule has 2 aromatic rings. The van der Waals surface area contributed by atoms with E-state index in [1.54, 1.807) is 11.3 Å². The van der Waals surface area contributed by atoms with Crippen LogP contribution in [0.5, 0.6) is 0 Å². The number of rotatable bonds is 3. The Hall–Kier alpha value is -0.210. The highest BCUT2D eigenvalue weighted by atomic mass is 127. The van der Waals surface area contributed by atoms with Crippen molar-refractivity contribution in [1.82, 2.24) is 9.97 Å². The Morgan fingerprint density at radius 3 is 2.78 bits per heavy atom. The fourth-order valence-electron chi connectivity index (χ4n) is 1.59. The van der Waals surface area contributed by atoms with E-state index in [2.05, 4.69) is 62.3 Å². The summed E-state index contributed by atoms with van der Waals surface area (Å²) in [4.78, 5) is 20.3. The molecule has 0 aromatic carbocycles. The number of aromatic amines is 1. The molecule has 18 heavy (non-hydrogen) atoms. The average Bonchev–Trinajstić information content (AvgIpc) is 2.70. The molecule has 1 N–H and O–H groups in total. The first-order valence-corrected chi connectivity index (χ1v) is 8.20. The second kappa shape index (κ2) is 5.83. The number of nitrogens with zero attached hydrogens (tertiary/aromatic N) is 1. The predicted octanol–water partition coefficient (Wildman–Crippen LogP) is 4.06. The monoisotopic (exact) mass is 438 g/mol. The summed E-state index contributed by atoms with van der Waals surface area (Å²) >= 11 is 7.05. The first kappa shape index (κ1) is 14.2. The number of aromatic nitrogens is 2. The van der Waals surface area contributed by atoms with Gasteiger partial charge in [-0.3, -0.25) is 4.79 Å². The minimum atomic E-state index is -0.0548. The summed E-state index contributed by atoms with van der Waals surface area (Å²) in [5.74, 6) is 1.14.